The van der Waals surface area contributed by atoms with E-state index in [-0.39, 0.29) is 15.0 Å². The quantitative estimate of drug-likeness (QED) is 0.722. The van der Waals surface area contributed by atoms with Crippen molar-refractivity contribution in [1.29, 1.82) is 0 Å². The van der Waals surface area contributed by atoms with Crippen LogP contribution in [0.1, 0.15) is 9.80 Å². The highest BCUT2D eigenvalue weighted by atomic mass is 32.3. The zero-order valence-corrected chi connectivity index (χ0v) is 12.7. The summed E-state index contributed by atoms with van der Waals surface area (Å²) in [6.07, 6.45) is 1.05. The Kier molecular flexibility index (Phi) is 3.35. The maximum atomic E-state index is 12.1. The standard InChI is InChI=1S/C11H7N3O4S3/c12-10(15)11-13-4-9(20-11)21(16,17)18-6-1-2-7-8(3-6)19-5-14-7/h1-5H,(H2,12,15). The Bertz CT molecular complexity index is 929. The normalized spacial score (nSPS) is 11.6. The van der Waals surface area contributed by atoms with Crippen molar-refractivity contribution in [2.75, 3.05) is 0 Å². The fourth-order valence-corrected chi connectivity index (χ4v) is 4.12. The first kappa shape index (κ1) is 13.9. The monoisotopic (exact) mass is 341 g/mol. The van der Waals surface area contributed by atoms with E-state index in [0.29, 0.717) is 11.3 Å². The largest absolute Gasteiger partial charge is 0.378 e. The van der Waals surface area contributed by atoms with Gasteiger partial charge in [-0.15, -0.1) is 11.3 Å². The first-order valence-corrected chi connectivity index (χ1v) is 8.59. The molecule has 1 amide bonds. The van der Waals surface area contributed by atoms with Crippen molar-refractivity contribution < 1.29 is 17.4 Å². The van der Waals surface area contributed by atoms with Crippen LogP contribution in [0, 0.1) is 0 Å². The third-order valence-electron chi connectivity index (χ3n) is 2.45. The highest BCUT2D eigenvalue weighted by Crippen LogP contribution is 2.27. The average molecular weight is 341 g/mol. The van der Waals surface area contributed by atoms with Gasteiger partial charge in [-0.3, -0.25) is 4.79 Å². The summed E-state index contributed by atoms with van der Waals surface area (Å²) in [4.78, 5) is 18.7. The lowest BCUT2D eigenvalue weighted by molar-refractivity contribution is 0.1000. The molecule has 0 saturated heterocycles. The summed E-state index contributed by atoms with van der Waals surface area (Å²) in [6.45, 7) is 0. The molecule has 3 rings (SSSR count). The van der Waals surface area contributed by atoms with Gasteiger partial charge in [-0.2, -0.15) is 8.42 Å². The minimum Gasteiger partial charge on any atom is -0.378 e. The second kappa shape index (κ2) is 5.06. The molecule has 0 aliphatic heterocycles. The van der Waals surface area contributed by atoms with Crippen LogP contribution in [0.5, 0.6) is 5.75 Å². The topological polar surface area (TPSA) is 112 Å². The smallest absolute Gasteiger partial charge is 0.350 e. The minimum atomic E-state index is -4.05. The molecule has 21 heavy (non-hydrogen) atoms. The molecule has 7 nitrogen and oxygen atoms in total. The summed E-state index contributed by atoms with van der Waals surface area (Å²) in [7, 11) is -4.05. The molecule has 0 bridgehead atoms. The number of hydrogen-bond acceptors (Lipinski definition) is 8. The van der Waals surface area contributed by atoms with Crippen molar-refractivity contribution in [3.05, 3.63) is 34.9 Å². The van der Waals surface area contributed by atoms with Crippen LogP contribution in [0.3, 0.4) is 0 Å². The van der Waals surface area contributed by atoms with Crippen LogP contribution < -0.4 is 9.92 Å². The molecular weight excluding hydrogens is 334 g/mol. The van der Waals surface area contributed by atoms with Crippen molar-refractivity contribution in [3.63, 3.8) is 0 Å². The fraction of sp³-hybridized carbons (Fsp3) is 0. The van der Waals surface area contributed by atoms with E-state index in [0.717, 1.165) is 16.4 Å². The number of amides is 1. The van der Waals surface area contributed by atoms with Crippen molar-refractivity contribution in [2.24, 2.45) is 5.73 Å². The number of nitrogens with two attached hydrogens (primary N) is 1. The number of aromatic nitrogens is 2. The van der Waals surface area contributed by atoms with E-state index in [1.54, 1.807) is 17.6 Å². The highest BCUT2D eigenvalue weighted by Gasteiger charge is 2.22. The van der Waals surface area contributed by atoms with Crippen LogP contribution in [0.2, 0.25) is 0 Å². The summed E-state index contributed by atoms with van der Waals surface area (Å²) in [5.74, 6) is -0.617. The van der Waals surface area contributed by atoms with Gasteiger partial charge in [0.25, 0.3) is 5.91 Å². The maximum absolute atomic E-state index is 12.1. The Balaban J connectivity index is 1.92. The number of rotatable bonds is 4. The molecule has 10 heteroatoms. The predicted molar refractivity (Wildman–Crippen MR) is 78.1 cm³/mol. The van der Waals surface area contributed by atoms with Gasteiger partial charge in [-0.05, 0) is 12.1 Å². The van der Waals surface area contributed by atoms with Crippen LogP contribution in [0.25, 0.3) is 10.2 Å². The third-order valence-corrected chi connectivity index (χ3v) is 5.92. The van der Waals surface area contributed by atoms with Gasteiger partial charge in [-0.1, -0.05) is 11.3 Å². The Morgan fingerprint density at radius 2 is 2.10 bits per heavy atom. The molecule has 0 aliphatic carbocycles. The summed E-state index contributed by atoms with van der Waals surface area (Å²) in [5.41, 5.74) is 7.46. The Morgan fingerprint density at radius 3 is 2.81 bits per heavy atom. The SMILES string of the molecule is NC(=O)c1ncc(S(=O)(=O)Oc2ccc3ncsc3c2)s1. The maximum Gasteiger partial charge on any atom is 0.350 e. The van der Waals surface area contributed by atoms with Gasteiger partial charge in [0, 0.05) is 6.07 Å². The predicted octanol–water partition coefficient (Wildman–Crippen LogP) is 1.62. The number of thiazole rings is 2. The van der Waals surface area contributed by atoms with E-state index < -0.39 is 16.0 Å². The Hall–Kier alpha value is -2.04. The van der Waals surface area contributed by atoms with Crippen LogP contribution in [-0.2, 0) is 10.1 Å². The van der Waals surface area contributed by atoms with Crippen LogP contribution in [0.15, 0.2) is 34.1 Å². The molecule has 0 radical (unpaired) electrons. The van der Waals surface area contributed by atoms with Gasteiger partial charge >= 0.3 is 10.1 Å². The summed E-state index contributed by atoms with van der Waals surface area (Å²) in [5, 5.41) is -0.0879. The van der Waals surface area contributed by atoms with Crippen LogP contribution >= 0.6 is 22.7 Å². The highest BCUT2D eigenvalue weighted by molar-refractivity contribution is 7.89. The van der Waals surface area contributed by atoms with E-state index in [9.17, 15) is 13.2 Å². The number of carbonyl (C=O) groups is 1. The summed E-state index contributed by atoms with van der Waals surface area (Å²) >= 11 is 2.04. The van der Waals surface area contributed by atoms with E-state index in [1.807, 2.05) is 0 Å². The fourth-order valence-electron chi connectivity index (χ4n) is 1.54. The molecule has 0 aliphatic rings. The first-order chi connectivity index (χ1) is 9.95. The van der Waals surface area contributed by atoms with Gasteiger partial charge in [-0.25, -0.2) is 9.97 Å². The minimum absolute atomic E-state index is 0.0879. The van der Waals surface area contributed by atoms with Crippen LogP contribution in [-0.4, -0.2) is 24.3 Å². The molecule has 0 saturated carbocycles. The molecular formula is C11H7N3O4S3. The number of hydrogen-bond donors (Lipinski definition) is 1. The molecule has 2 aromatic heterocycles. The number of primary amides is 1. The lowest BCUT2D eigenvalue weighted by Gasteiger charge is -2.04. The number of benzene rings is 1. The molecule has 3 aromatic rings. The molecule has 2 N–H and O–H groups in total. The molecule has 2 heterocycles. The van der Waals surface area contributed by atoms with E-state index in [4.69, 9.17) is 9.92 Å². The lowest BCUT2D eigenvalue weighted by atomic mass is 10.3. The molecule has 108 valence electrons. The van der Waals surface area contributed by atoms with Crippen LogP contribution in [0.4, 0.5) is 0 Å². The molecule has 0 unspecified atom stereocenters. The van der Waals surface area contributed by atoms with E-state index in [2.05, 4.69) is 9.97 Å². The summed E-state index contributed by atoms with van der Waals surface area (Å²) in [6, 6.07) is 4.76. The molecule has 0 spiro atoms. The van der Waals surface area contributed by atoms with Gasteiger partial charge in [0.15, 0.2) is 9.22 Å². The van der Waals surface area contributed by atoms with E-state index in [1.165, 1.54) is 17.4 Å². The number of fused-ring (bicyclic) bond motifs is 1. The molecule has 1 aromatic carbocycles. The Labute approximate surface area is 127 Å². The average Bonchev–Trinajstić information content (AvgIpc) is 3.07. The second-order valence-electron chi connectivity index (χ2n) is 3.87. The third kappa shape index (κ3) is 2.73. The zero-order valence-electron chi connectivity index (χ0n) is 10.2. The number of carbonyl (C=O) groups excluding carboxylic acids is 1. The van der Waals surface area contributed by atoms with Gasteiger partial charge < -0.3 is 9.92 Å². The van der Waals surface area contributed by atoms with Gasteiger partial charge in [0.2, 0.25) is 0 Å². The van der Waals surface area contributed by atoms with Crippen molar-refractivity contribution in [2.45, 2.75) is 4.21 Å². The van der Waals surface area contributed by atoms with Gasteiger partial charge in [0.05, 0.1) is 21.9 Å². The first-order valence-electron chi connectivity index (χ1n) is 5.49. The summed E-state index contributed by atoms with van der Waals surface area (Å²) < 4.78 is 29.8. The molecule has 0 fully saturated rings. The molecule has 0 atom stereocenters. The van der Waals surface area contributed by atoms with Crippen molar-refractivity contribution in [1.82, 2.24) is 9.97 Å². The zero-order chi connectivity index (χ0) is 15.0. The van der Waals surface area contributed by atoms with Gasteiger partial charge in [0.1, 0.15) is 5.75 Å². The number of nitrogens with zero attached hydrogens (tertiary/aromatic N) is 2. The van der Waals surface area contributed by atoms with Crippen molar-refractivity contribution in [3.8, 4) is 5.75 Å². The lowest BCUT2D eigenvalue weighted by Crippen LogP contribution is -2.10. The second-order valence-corrected chi connectivity index (χ2v) is 7.56. The van der Waals surface area contributed by atoms with E-state index >= 15 is 0 Å². The Morgan fingerprint density at radius 1 is 1.29 bits per heavy atom. The van der Waals surface area contributed by atoms with Crippen molar-refractivity contribution >= 4 is 48.9 Å².